The van der Waals surface area contributed by atoms with Crippen LogP contribution >= 0.6 is 0 Å². The van der Waals surface area contributed by atoms with Gasteiger partial charge in [-0.1, -0.05) is 43.5 Å². The van der Waals surface area contributed by atoms with E-state index >= 15 is 0 Å². The molecule has 0 aliphatic heterocycles. The van der Waals surface area contributed by atoms with Crippen LogP contribution in [0.4, 0.5) is 0 Å². The number of aliphatic hydroxyl groups excluding tert-OH is 1. The van der Waals surface area contributed by atoms with E-state index in [9.17, 15) is 9.90 Å². The molecule has 0 spiro atoms. The molecule has 2 unspecified atom stereocenters. The summed E-state index contributed by atoms with van der Waals surface area (Å²) in [6.45, 7) is 6.76. The lowest BCUT2D eigenvalue weighted by atomic mass is 9.94. The monoisotopic (exact) mass is 293 g/mol. The smallest absolute Gasteiger partial charge is 0.305 e. The van der Waals surface area contributed by atoms with Gasteiger partial charge in [-0.05, 0) is 37.9 Å². The van der Waals surface area contributed by atoms with Crippen molar-refractivity contribution >= 4 is 5.97 Å². The molecule has 1 aromatic carbocycles. The minimum atomic E-state index is -0.896. The van der Waals surface area contributed by atoms with Gasteiger partial charge >= 0.3 is 5.97 Å². The molecule has 3 N–H and O–H groups in total. The van der Waals surface area contributed by atoms with Crippen molar-refractivity contribution in [2.24, 2.45) is 0 Å². The van der Waals surface area contributed by atoms with E-state index in [0.29, 0.717) is 0 Å². The second-order valence-electron chi connectivity index (χ2n) is 5.67. The molecule has 118 valence electrons. The summed E-state index contributed by atoms with van der Waals surface area (Å²) in [7, 11) is 0. The zero-order valence-electron chi connectivity index (χ0n) is 13.2. The number of rotatable bonds is 9. The average Bonchev–Trinajstić information content (AvgIpc) is 2.43. The van der Waals surface area contributed by atoms with Gasteiger partial charge < -0.3 is 15.5 Å². The van der Waals surface area contributed by atoms with E-state index in [1.165, 1.54) is 0 Å². The molecular formula is C17H27NO3. The molecule has 0 aliphatic rings. The van der Waals surface area contributed by atoms with Crippen molar-refractivity contribution < 1.29 is 15.0 Å². The van der Waals surface area contributed by atoms with Gasteiger partial charge in [0.05, 0.1) is 12.5 Å². The highest BCUT2D eigenvalue weighted by Gasteiger charge is 2.24. The Bertz CT molecular complexity index is 459. The maximum absolute atomic E-state index is 11.0. The molecule has 4 heteroatoms. The van der Waals surface area contributed by atoms with Crippen LogP contribution in [0.2, 0.25) is 0 Å². The molecule has 0 bridgehead atoms. The zero-order chi connectivity index (χ0) is 15.8. The Balaban J connectivity index is 2.80. The predicted molar refractivity (Wildman–Crippen MR) is 84.4 cm³/mol. The fourth-order valence-electron chi connectivity index (χ4n) is 2.44. The lowest BCUT2D eigenvalue weighted by Gasteiger charge is -2.25. The molecule has 21 heavy (non-hydrogen) atoms. The SMILES string of the molecule is CCCCCNC(CC(=O)O)C(O)c1cc(C)ccc1C. The number of carboxylic acid groups (broad SMARTS) is 1. The third kappa shape index (κ3) is 5.86. The third-order valence-corrected chi connectivity index (χ3v) is 3.72. The minimum Gasteiger partial charge on any atom is -0.481 e. The standard InChI is InChI=1S/C17H27NO3/c1-4-5-6-9-18-15(11-16(19)20)17(21)14-10-12(2)7-8-13(14)3/h7-8,10,15,17-18,21H,4-6,9,11H2,1-3H3,(H,19,20). The highest BCUT2D eigenvalue weighted by molar-refractivity contribution is 5.67. The van der Waals surface area contributed by atoms with Crippen molar-refractivity contribution in [2.75, 3.05) is 6.54 Å². The molecule has 0 heterocycles. The maximum Gasteiger partial charge on any atom is 0.305 e. The number of hydrogen-bond donors (Lipinski definition) is 3. The first-order valence-electron chi connectivity index (χ1n) is 7.66. The molecule has 2 atom stereocenters. The Morgan fingerprint density at radius 3 is 2.62 bits per heavy atom. The summed E-state index contributed by atoms with van der Waals surface area (Å²) in [4.78, 5) is 11.0. The summed E-state index contributed by atoms with van der Waals surface area (Å²) in [5.74, 6) is -0.896. The van der Waals surface area contributed by atoms with Crippen molar-refractivity contribution in [2.45, 2.75) is 58.6 Å². The summed E-state index contributed by atoms with van der Waals surface area (Å²) < 4.78 is 0. The van der Waals surface area contributed by atoms with Crippen molar-refractivity contribution in [3.05, 3.63) is 34.9 Å². The first-order valence-corrected chi connectivity index (χ1v) is 7.66. The van der Waals surface area contributed by atoms with Crippen LogP contribution in [0.15, 0.2) is 18.2 Å². The van der Waals surface area contributed by atoms with E-state index in [-0.39, 0.29) is 6.42 Å². The van der Waals surface area contributed by atoms with Gasteiger partial charge in [0.2, 0.25) is 0 Å². The molecule has 0 aromatic heterocycles. The number of hydrogen-bond acceptors (Lipinski definition) is 3. The van der Waals surface area contributed by atoms with Crippen molar-refractivity contribution in [1.29, 1.82) is 0 Å². The summed E-state index contributed by atoms with van der Waals surface area (Å²) in [6, 6.07) is 5.43. The van der Waals surface area contributed by atoms with Crippen LogP contribution in [-0.2, 0) is 4.79 Å². The first-order chi connectivity index (χ1) is 9.95. The summed E-state index contributed by atoms with van der Waals surface area (Å²) in [5.41, 5.74) is 2.86. The summed E-state index contributed by atoms with van der Waals surface area (Å²) in [6.07, 6.45) is 2.33. The number of aryl methyl sites for hydroxylation is 2. The zero-order valence-corrected chi connectivity index (χ0v) is 13.2. The van der Waals surface area contributed by atoms with Gasteiger partial charge in [-0.2, -0.15) is 0 Å². The Hall–Kier alpha value is -1.39. The Morgan fingerprint density at radius 2 is 2.00 bits per heavy atom. The van der Waals surface area contributed by atoms with Crippen LogP contribution in [0.5, 0.6) is 0 Å². The van der Waals surface area contributed by atoms with Crippen LogP contribution in [0.25, 0.3) is 0 Å². The van der Waals surface area contributed by atoms with E-state index in [1.807, 2.05) is 32.0 Å². The number of carboxylic acids is 1. The highest BCUT2D eigenvalue weighted by atomic mass is 16.4. The van der Waals surface area contributed by atoms with Gasteiger partial charge in [0, 0.05) is 6.04 Å². The topological polar surface area (TPSA) is 69.6 Å². The van der Waals surface area contributed by atoms with Crippen LogP contribution in [-0.4, -0.2) is 28.8 Å². The van der Waals surface area contributed by atoms with E-state index in [2.05, 4.69) is 12.2 Å². The van der Waals surface area contributed by atoms with E-state index in [1.54, 1.807) is 0 Å². The van der Waals surface area contributed by atoms with Gasteiger partial charge in [0.25, 0.3) is 0 Å². The molecule has 1 aromatic rings. The Labute approximate surface area is 127 Å². The normalized spacial score (nSPS) is 13.9. The van der Waals surface area contributed by atoms with Crippen molar-refractivity contribution in [3.8, 4) is 0 Å². The summed E-state index contributed by atoms with van der Waals surface area (Å²) in [5, 5.41) is 22.8. The molecule has 4 nitrogen and oxygen atoms in total. The number of carbonyl (C=O) groups is 1. The fourth-order valence-corrected chi connectivity index (χ4v) is 2.44. The molecule has 0 fully saturated rings. The van der Waals surface area contributed by atoms with Gasteiger partial charge in [-0.3, -0.25) is 4.79 Å². The van der Waals surface area contributed by atoms with Crippen molar-refractivity contribution in [3.63, 3.8) is 0 Å². The minimum absolute atomic E-state index is 0.0827. The molecule has 0 aliphatic carbocycles. The van der Waals surface area contributed by atoms with Gasteiger partial charge in [-0.25, -0.2) is 0 Å². The molecule has 0 radical (unpaired) electrons. The maximum atomic E-state index is 11.0. The summed E-state index contributed by atoms with van der Waals surface area (Å²) >= 11 is 0. The van der Waals surface area contributed by atoms with Crippen LogP contribution in [0, 0.1) is 13.8 Å². The number of aliphatic hydroxyl groups is 1. The molecule has 1 rings (SSSR count). The van der Waals surface area contributed by atoms with E-state index in [0.717, 1.165) is 42.5 Å². The van der Waals surface area contributed by atoms with Gasteiger partial charge in [0.1, 0.15) is 0 Å². The first kappa shape index (κ1) is 17.7. The molecular weight excluding hydrogens is 266 g/mol. The molecule has 0 amide bonds. The van der Waals surface area contributed by atoms with Gasteiger partial charge in [0.15, 0.2) is 0 Å². The third-order valence-electron chi connectivity index (χ3n) is 3.72. The molecule has 0 saturated carbocycles. The van der Waals surface area contributed by atoms with Gasteiger partial charge in [-0.15, -0.1) is 0 Å². The lowest BCUT2D eigenvalue weighted by Crippen LogP contribution is -2.37. The average molecular weight is 293 g/mol. The highest BCUT2D eigenvalue weighted by Crippen LogP contribution is 2.23. The lowest BCUT2D eigenvalue weighted by molar-refractivity contribution is -0.138. The van der Waals surface area contributed by atoms with Crippen LogP contribution in [0.1, 0.15) is 55.4 Å². The van der Waals surface area contributed by atoms with E-state index < -0.39 is 18.1 Å². The van der Waals surface area contributed by atoms with Crippen molar-refractivity contribution in [1.82, 2.24) is 5.32 Å². The predicted octanol–water partition coefficient (Wildman–Crippen LogP) is 2.96. The van der Waals surface area contributed by atoms with Crippen LogP contribution < -0.4 is 5.32 Å². The Kier molecular flexibility index (Phi) is 7.40. The quantitative estimate of drug-likeness (QED) is 0.612. The largest absolute Gasteiger partial charge is 0.481 e. The number of unbranched alkanes of at least 4 members (excludes halogenated alkanes) is 2. The number of benzene rings is 1. The molecule has 0 saturated heterocycles. The number of aliphatic carboxylic acids is 1. The Morgan fingerprint density at radius 1 is 1.29 bits per heavy atom. The second-order valence-corrected chi connectivity index (χ2v) is 5.67. The van der Waals surface area contributed by atoms with Crippen LogP contribution in [0.3, 0.4) is 0 Å². The van der Waals surface area contributed by atoms with E-state index in [4.69, 9.17) is 5.11 Å². The fraction of sp³-hybridized carbons (Fsp3) is 0.588. The number of nitrogens with one attached hydrogen (secondary N) is 1. The second kappa shape index (κ2) is 8.80.